The van der Waals surface area contributed by atoms with Gasteiger partial charge in [0.15, 0.2) is 10.7 Å². The molecule has 192 valence electrons. The molecule has 2 aromatic heterocycles. The first-order chi connectivity index (χ1) is 19.6. The second-order valence-electron chi connectivity index (χ2n) is 9.01. The number of rotatable bonds is 6. The molecular formula is C32H22N6OS. The monoisotopic (exact) mass is 538 g/mol. The first-order valence-corrected chi connectivity index (χ1v) is 13.4. The summed E-state index contributed by atoms with van der Waals surface area (Å²) in [5.74, 6) is -0.441. The maximum Gasteiger partial charge on any atom is 0.245 e. The molecule has 4 aromatic carbocycles. The van der Waals surface area contributed by atoms with E-state index in [9.17, 15) is 10.1 Å². The summed E-state index contributed by atoms with van der Waals surface area (Å²) >= 11 is 1.16. The molecule has 6 aromatic rings. The summed E-state index contributed by atoms with van der Waals surface area (Å²) < 4.78 is 3.31. The number of benzene rings is 4. The second-order valence-corrected chi connectivity index (χ2v) is 9.97. The second kappa shape index (κ2) is 10.8. The fourth-order valence-electron chi connectivity index (χ4n) is 4.32. The van der Waals surface area contributed by atoms with E-state index in [0.29, 0.717) is 10.5 Å². The average molecular weight is 539 g/mol. The Morgan fingerprint density at radius 2 is 1.38 bits per heavy atom. The maximum absolute atomic E-state index is 14.0. The number of aryl methyl sites for hydroxylation is 1. The number of hydrogen-bond acceptors (Lipinski definition) is 6. The minimum atomic E-state index is -0.441. The SMILES string of the molecule is Cc1ccc(-n2nc(C(=O)c3nn(-c4ccccc4)c(=Nc4ccccc4)s3)c(C#N)c2-c2ccccc2)cc1. The minimum absolute atomic E-state index is 0.0437. The Morgan fingerprint density at radius 1 is 0.775 bits per heavy atom. The van der Waals surface area contributed by atoms with Gasteiger partial charge in [-0.25, -0.2) is 14.4 Å². The Bertz CT molecular complexity index is 1910. The van der Waals surface area contributed by atoms with Crippen LogP contribution >= 0.6 is 11.3 Å². The van der Waals surface area contributed by atoms with E-state index >= 15 is 0 Å². The number of hydrogen-bond donors (Lipinski definition) is 0. The maximum atomic E-state index is 14.0. The molecule has 40 heavy (non-hydrogen) atoms. The van der Waals surface area contributed by atoms with Crippen LogP contribution in [0.3, 0.4) is 0 Å². The zero-order valence-electron chi connectivity index (χ0n) is 21.5. The fourth-order valence-corrected chi connectivity index (χ4v) is 5.18. The van der Waals surface area contributed by atoms with Crippen LogP contribution in [0.5, 0.6) is 0 Å². The van der Waals surface area contributed by atoms with Crippen molar-refractivity contribution in [2.24, 2.45) is 4.99 Å². The van der Waals surface area contributed by atoms with Gasteiger partial charge in [-0.2, -0.15) is 15.5 Å². The third-order valence-electron chi connectivity index (χ3n) is 6.27. The van der Waals surface area contributed by atoms with E-state index in [4.69, 9.17) is 10.1 Å². The summed E-state index contributed by atoms with van der Waals surface area (Å²) in [7, 11) is 0. The molecule has 0 saturated carbocycles. The first kappa shape index (κ1) is 24.9. The van der Waals surface area contributed by atoms with Crippen molar-refractivity contribution >= 4 is 22.8 Å². The topological polar surface area (TPSA) is 88.9 Å². The van der Waals surface area contributed by atoms with Crippen LogP contribution in [0, 0.1) is 18.3 Å². The summed E-state index contributed by atoms with van der Waals surface area (Å²) in [6.07, 6.45) is 0. The van der Waals surface area contributed by atoms with Crippen molar-refractivity contribution in [1.82, 2.24) is 19.6 Å². The van der Waals surface area contributed by atoms with Gasteiger partial charge in [-0.05, 0) is 43.3 Å². The lowest BCUT2D eigenvalue weighted by molar-refractivity contribution is 0.103. The Balaban J connectivity index is 1.54. The van der Waals surface area contributed by atoms with Gasteiger partial charge in [0, 0.05) is 5.56 Å². The van der Waals surface area contributed by atoms with Gasteiger partial charge in [0.2, 0.25) is 10.6 Å². The summed E-state index contributed by atoms with van der Waals surface area (Å²) in [6, 6.07) is 38.6. The number of carbonyl (C=O) groups is 1. The van der Waals surface area contributed by atoms with Gasteiger partial charge in [0.25, 0.3) is 0 Å². The first-order valence-electron chi connectivity index (χ1n) is 12.6. The quantitative estimate of drug-likeness (QED) is 0.229. The highest BCUT2D eigenvalue weighted by molar-refractivity contribution is 7.11. The predicted octanol–water partition coefficient (Wildman–Crippen LogP) is 6.43. The number of ketones is 1. The molecule has 0 amide bonds. The molecule has 0 aliphatic rings. The molecule has 2 heterocycles. The van der Waals surface area contributed by atoms with Crippen molar-refractivity contribution in [3.8, 4) is 28.7 Å². The van der Waals surface area contributed by atoms with E-state index in [1.165, 1.54) is 0 Å². The van der Waals surface area contributed by atoms with Crippen molar-refractivity contribution in [1.29, 1.82) is 5.26 Å². The largest absolute Gasteiger partial charge is 0.284 e. The summed E-state index contributed by atoms with van der Waals surface area (Å²) in [4.78, 5) is 19.3. The lowest BCUT2D eigenvalue weighted by Crippen LogP contribution is -2.14. The molecule has 0 atom stereocenters. The highest BCUT2D eigenvalue weighted by Crippen LogP contribution is 2.30. The van der Waals surface area contributed by atoms with Crippen LogP contribution in [0.25, 0.3) is 22.6 Å². The van der Waals surface area contributed by atoms with Crippen molar-refractivity contribution in [2.45, 2.75) is 6.92 Å². The molecular weight excluding hydrogens is 516 g/mol. The number of para-hydroxylation sites is 2. The smallest absolute Gasteiger partial charge is 0.245 e. The molecule has 0 aliphatic heterocycles. The molecule has 0 radical (unpaired) electrons. The Hall–Kier alpha value is -5.39. The van der Waals surface area contributed by atoms with Gasteiger partial charge in [-0.1, -0.05) is 95.8 Å². The van der Waals surface area contributed by atoms with Crippen molar-refractivity contribution in [2.75, 3.05) is 0 Å². The molecule has 6 rings (SSSR count). The number of aromatic nitrogens is 4. The fraction of sp³-hybridized carbons (Fsp3) is 0.0312. The normalized spacial score (nSPS) is 11.3. The molecule has 0 spiro atoms. The molecule has 0 fully saturated rings. The van der Waals surface area contributed by atoms with E-state index in [-0.39, 0.29) is 16.3 Å². The Kier molecular flexibility index (Phi) is 6.71. The number of nitriles is 1. The zero-order chi connectivity index (χ0) is 27.5. The van der Waals surface area contributed by atoms with Gasteiger partial charge in [-0.15, -0.1) is 0 Å². The minimum Gasteiger partial charge on any atom is -0.284 e. The van der Waals surface area contributed by atoms with Crippen LogP contribution in [-0.4, -0.2) is 25.3 Å². The van der Waals surface area contributed by atoms with Gasteiger partial charge in [0.05, 0.1) is 22.8 Å². The predicted molar refractivity (Wildman–Crippen MR) is 155 cm³/mol. The molecule has 0 unspecified atom stereocenters. The van der Waals surface area contributed by atoms with Crippen LogP contribution in [0.1, 0.15) is 26.6 Å². The van der Waals surface area contributed by atoms with E-state index < -0.39 is 5.78 Å². The van der Waals surface area contributed by atoms with E-state index in [0.717, 1.165) is 39.5 Å². The zero-order valence-corrected chi connectivity index (χ0v) is 22.3. The summed E-state index contributed by atoms with van der Waals surface area (Å²) in [6.45, 7) is 2.00. The van der Waals surface area contributed by atoms with Crippen LogP contribution in [0.15, 0.2) is 120 Å². The van der Waals surface area contributed by atoms with E-state index in [1.54, 1.807) is 9.36 Å². The van der Waals surface area contributed by atoms with Crippen LogP contribution in [0.2, 0.25) is 0 Å². The molecule has 0 bridgehead atoms. The molecule has 0 saturated heterocycles. The van der Waals surface area contributed by atoms with Crippen molar-refractivity contribution in [3.63, 3.8) is 0 Å². The highest BCUT2D eigenvalue weighted by atomic mass is 32.1. The Labute approximate surface area is 234 Å². The third-order valence-corrected chi connectivity index (χ3v) is 7.18. The lowest BCUT2D eigenvalue weighted by atomic mass is 10.0. The van der Waals surface area contributed by atoms with E-state index in [2.05, 4.69) is 11.2 Å². The van der Waals surface area contributed by atoms with E-state index in [1.807, 2.05) is 122 Å². The standard InChI is InChI=1S/C32H22N6OS/c1-22-17-19-26(20-18-22)37-29(23-11-5-2-6-12-23)27(21-33)28(35-37)30(39)31-36-38(25-15-9-4-10-16-25)32(40-31)34-24-13-7-3-8-14-24/h2-20H,1H3. The van der Waals surface area contributed by atoms with Gasteiger partial charge in [0.1, 0.15) is 11.6 Å². The third kappa shape index (κ3) is 4.77. The molecule has 7 nitrogen and oxygen atoms in total. The lowest BCUT2D eigenvalue weighted by Gasteiger charge is -2.08. The molecule has 0 N–H and O–H groups in total. The summed E-state index contributed by atoms with van der Waals surface area (Å²) in [5, 5.41) is 19.8. The van der Waals surface area contributed by atoms with Gasteiger partial charge in [-0.3, -0.25) is 4.79 Å². The van der Waals surface area contributed by atoms with Gasteiger partial charge >= 0.3 is 0 Å². The van der Waals surface area contributed by atoms with Crippen LogP contribution in [-0.2, 0) is 0 Å². The van der Waals surface area contributed by atoms with Crippen molar-refractivity contribution in [3.05, 3.63) is 142 Å². The molecule has 8 heteroatoms. The highest BCUT2D eigenvalue weighted by Gasteiger charge is 2.28. The number of carbonyl (C=O) groups excluding carboxylic acids is 1. The Morgan fingerprint density at radius 3 is 2.02 bits per heavy atom. The van der Waals surface area contributed by atoms with Gasteiger partial charge < -0.3 is 0 Å². The van der Waals surface area contributed by atoms with Crippen molar-refractivity contribution < 1.29 is 4.79 Å². The van der Waals surface area contributed by atoms with Crippen LogP contribution in [0.4, 0.5) is 5.69 Å². The number of nitrogens with zero attached hydrogens (tertiary/aromatic N) is 6. The molecule has 0 aliphatic carbocycles. The van der Waals surface area contributed by atoms with Crippen LogP contribution < -0.4 is 4.80 Å². The average Bonchev–Trinajstić information content (AvgIpc) is 3.61. The summed E-state index contributed by atoms with van der Waals surface area (Å²) in [5.41, 5.74) is 4.92.